The number of benzene rings is 1. The Labute approximate surface area is 164 Å². The van der Waals surface area contributed by atoms with Crippen LogP contribution in [0.25, 0.3) is 0 Å². The van der Waals surface area contributed by atoms with Crippen molar-refractivity contribution in [2.24, 2.45) is 7.05 Å². The quantitative estimate of drug-likeness (QED) is 0.700. The van der Waals surface area contributed by atoms with Gasteiger partial charge in [-0.15, -0.1) is 0 Å². The van der Waals surface area contributed by atoms with Gasteiger partial charge in [0.1, 0.15) is 0 Å². The molecule has 0 aliphatic carbocycles. The van der Waals surface area contributed by atoms with Crippen LogP contribution in [0.4, 0.5) is 0 Å². The van der Waals surface area contributed by atoms with E-state index in [1.54, 1.807) is 34.7 Å². The summed E-state index contributed by atoms with van der Waals surface area (Å²) in [5.41, 5.74) is 0. The van der Waals surface area contributed by atoms with Crippen LogP contribution in [0.3, 0.4) is 0 Å². The molecule has 1 aliphatic heterocycles. The summed E-state index contributed by atoms with van der Waals surface area (Å²) in [6, 6.07) is 7.11. The normalized spacial score (nSPS) is 15.9. The molecular weight excluding hydrogens is 384 g/mol. The summed E-state index contributed by atoms with van der Waals surface area (Å²) in [5.74, 6) is 0.856. The number of hydrogen-bond acceptors (Lipinski definition) is 6. The first-order valence-corrected chi connectivity index (χ1v) is 10.4. The van der Waals surface area contributed by atoms with Crippen LogP contribution in [0, 0.1) is 0 Å². The van der Waals surface area contributed by atoms with Gasteiger partial charge in [0.2, 0.25) is 0 Å². The van der Waals surface area contributed by atoms with Crippen LogP contribution in [0.5, 0.6) is 11.5 Å². The number of carbonyl (C=O) groups excluding carboxylic acids is 1. The van der Waals surface area contributed by atoms with Crippen LogP contribution in [0.15, 0.2) is 41.8 Å². The molecule has 0 atom stereocenters. The van der Waals surface area contributed by atoms with Gasteiger partial charge in [-0.2, -0.15) is 4.31 Å². The van der Waals surface area contributed by atoms with Gasteiger partial charge in [-0.25, -0.2) is 13.4 Å². The van der Waals surface area contributed by atoms with Crippen molar-refractivity contribution in [1.29, 1.82) is 0 Å². The van der Waals surface area contributed by atoms with E-state index in [4.69, 9.17) is 9.47 Å². The second-order valence-electron chi connectivity index (χ2n) is 6.46. The number of carbonyl (C=O) groups is 1. The van der Waals surface area contributed by atoms with E-state index in [-0.39, 0.29) is 24.1 Å². The summed E-state index contributed by atoms with van der Waals surface area (Å²) in [6.45, 7) is 1.21. The van der Waals surface area contributed by atoms with Crippen molar-refractivity contribution in [1.82, 2.24) is 18.8 Å². The van der Waals surface area contributed by atoms with Crippen molar-refractivity contribution in [2.45, 2.75) is 11.4 Å². The van der Waals surface area contributed by atoms with Gasteiger partial charge in [0, 0.05) is 39.4 Å². The smallest absolute Gasteiger partial charge is 0.262 e. The average molecular weight is 408 g/mol. The fourth-order valence-electron chi connectivity index (χ4n) is 3.01. The highest BCUT2D eigenvalue weighted by molar-refractivity contribution is 7.89. The van der Waals surface area contributed by atoms with Crippen molar-refractivity contribution < 1.29 is 22.7 Å². The first kappa shape index (κ1) is 20.2. The lowest BCUT2D eigenvalue weighted by atomic mass is 10.3. The highest BCUT2D eigenvalue weighted by Crippen LogP contribution is 2.25. The van der Waals surface area contributed by atoms with Gasteiger partial charge in [0.15, 0.2) is 23.1 Å². The molecule has 152 valence electrons. The third-order valence-electron chi connectivity index (χ3n) is 4.51. The van der Waals surface area contributed by atoms with Gasteiger partial charge < -0.3 is 18.9 Å². The van der Waals surface area contributed by atoms with Crippen LogP contribution >= 0.6 is 0 Å². The van der Waals surface area contributed by atoms with Gasteiger partial charge in [0.25, 0.3) is 15.9 Å². The number of hydrogen-bond donors (Lipinski definition) is 0. The molecule has 0 unspecified atom stereocenters. The molecule has 0 N–H and O–H groups in total. The Kier molecular flexibility index (Phi) is 6.20. The van der Waals surface area contributed by atoms with Crippen LogP contribution in [-0.4, -0.2) is 73.0 Å². The Hall–Kier alpha value is -2.59. The number of para-hydroxylation sites is 2. The van der Waals surface area contributed by atoms with Crippen molar-refractivity contribution in [3.63, 3.8) is 0 Å². The largest absolute Gasteiger partial charge is 0.493 e. The minimum atomic E-state index is -3.66. The second kappa shape index (κ2) is 8.61. The van der Waals surface area contributed by atoms with Crippen molar-refractivity contribution >= 4 is 15.9 Å². The number of rotatable bonds is 6. The van der Waals surface area contributed by atoms with Crippen LogP contribution in [0.1, 0.15) is 6.42 Å². The standard InChI is InChI=1S/C18H24N4O5S/c1-20-12-17(19-14-20)28(24,25)22-9-5-8-21(10-11-22)18(23)13-27-16-7-4-3-6-15(16)26-2/h3-4,6-7,12,14H,5,8-11,13H2,1-2H3. The Morgan fingerprint density at radius 1 is 1.14 bits per heavy atom. The topological polar surface area (TPSA) is 94.0 Å². The molecule has 28 heavy (non-hydrogen) atoms. The number of sulfonamides is 1. The predicted octanol–water partition coefficient (Wildman–Crippen LogP) is 0.731. The molecule has 3 rings (SSSR count). The van der Waals surface area contributed by atoms with E-state index >= 15 is 0 Å². The van der Waals surface area contributed by atoms with Crippen LogP contribution in [-0.2, 0) is 21.9 Å². The third kappa shape index (κ3) is 4.45. The van der Waals surface area contributed by atoms with E-state index in [1.807, 2.05) is 6.07 Å². The number of nitrogens with zero attached hydrogens (tertiary/aromatic N) is 4. The zero-order chi connectivity index (χ0) is 20.1. The maximum atomic E-state index is 12.7. The summed E-state index contributed by atoms with van der Waals surface area (Å²) in [6.07, 6.45) is 3.48. The van der Waals surface area contributed by atoms with Gasteiger partial charge in [-0.1, -0.05) is 12.1 Å². The maximum absolute atomic E-state index is 12.7. The van der Waals surface area contributed by atoms with E-state index in [1.165, 1.54) is 23.9 Å². The monoisotopic (exact) mass is 408 g/mol. The number of aromatic nitrogens is 2. The third-order valence-corrected chi connectivity index (χ3v) is 6.30. The minimum absolute atomic E-state index is 0.0225. The molecular formula is C18H24N4O5S. The van der Waals surface area contributed by atoms with E-state index in [2.05, 4.69) is 4.98 Å². The lowest BCUT2D eigenvalue weighted by Crippen LogP contribution is -2.39. The first-order chi connectivity index (χ1) is 13.4. The van der Waals surface area contributed by atoms with Gasteiger partial charge in [-0.3, -0.25) is 4.79 Å². The predicted molar refractivity (Wildman–Crippen MR) is 102 cm³/mol. The zero-order valence-corrected chi connectivity index (χ0v) is 16.8. The SMILES string of the molecule is COc1ccccc1OCC(=O)N1CCCN(S(=O)(=O)c2cn(C)cn2)CC1. The van der Waals surface area contributed by atoms with Gasteiger partial charge in [0.05, 0.1) is 13.4 Å². The average Bonchev–Trinajstić information content (AvgIpc) is 2.98. The molecule has 1 aromatic heterocycles. The van der Waals surface area contributed by atoms with E-state index < -0.39 is 10.0 Å². The Morgan fingerprint density at radius 3 is 2.57 bits per heavy atom. The lowest BCUT2D eigenvalue weighted by molar-refractivity contribution is -0.133. The summed E-state index contributed by atoms with van der Waals surface area (Å²) in [7, 11) is -0.406. The molecule has 1 aromatic carbocycles. The molecule has 10 heteroatoms. The van der Waals surface area contributed by atoms with Gasteiger partial charge in [-0.05, 0) is 18.6 Å². The highest BCUT2D eigenvalue weighted by Gasteiger charge is 2.29. The lowest BCUT2D eigenvalue weighted by Gasteiger charge is -2.21. The number of ether oxygens (including phenoxy) is 2. The molecule has 0 spiro atoms. The molecule has 0 radical (unpaired) electrons. The van der Waals surface area contributed by atoms with E-state index in [0.717, 1.165) is 0 Å². The van der Waals surface area contributed by atoms with Gasteiger partial charge >= 0.3 is 0 Å². The summed E-state index contributed by atoms with van der Waals surface area (Å²) >= 11 is 0. The minimum Gasteiger partial charge on any atom is -0.493 e. The second-order valence-corrected chi connectivity index (χ2v) is 8.34. The van der Waals surface area contributed by atoms with E-state index in [0.29, 0.717) is 37.6 Å². The number of aryl methyl sites for hydroxylation is 1. The summed E-state index contributed by atoms with van der Waals surface area (Å²) in [4.78, 5) is 18.1. The zero-order valence-electron chi connectivity index (χ0n) is 15.9. The fourth-order valence-corrected chi connectivity index (χ4v) is 4.44. The fraction of sp³-hybridized carbons (Fsp3) is 0.444. The summed E-state index contributed by atoms with van der Waals surface area (Å²) in [5, 5.41) is 0.0225. The van der Waals surface area contributed by atoms with E-state index in [9.17, 15) is 13.2 Å². The summed E-state index contributed by atoms with van der Waals surface area (Å²) < 4.78 is 39.2. The molecule has 2 heterocycles. The van der Waals surface area contributed by atoms with Crippen LogP contribution < -0.4 is 9.47 Å². The molecule has 9 nitrogen and oxygen atoms in total. The van der Waals surface area contributed by atoms with Crippen molar-refractivity contribution in [2.75, 3.05) is 39.9 Å². The molecule has 1 amide bonds. The highest BCUT2D eigenvalue weighted by atomic mass is 32.2. The molecule has 0 bridgehead atoms. The van der Waals surface area contributed by atoms with Crippen molar-refractivity contribution in [3.05, 3.63) is 36.8 Å². The molecule has 1 fully saturated rings. The van der Waals surface area contributed by atoms with Crippen molar-refractivity contribution in [3.8, 4) is 11.5 Å². The number of methoxy groups -OCH3 is 1. The Balaban J connectivity index is 1.59. The Bertz CT molecular complexity index is 928. The Morgan fingerprint density at radius 2 is 1.89 bits per heavy atom. The number of imidazole rings is 1. The molecule has 1 aliphatic rings. The molecule has 0 saturated carbocycles. The molecule has 1 saturated heterocycles. The maximum Gasteiger partial charge on any atom is 0.262 e. The first-order valence-electron chi connectivity index (χ1n) is 8.93. The van der Waals surface area contributed by atoms with Crippen LogP contribution in [0.2, 0.25) is 0 Å². The molecule has 2 aromatic rings. The number of amides is 1.